The second kappa shape index (κ2) is 2.73. The molecule has 0 radical (unpaired) electrons. The van der Waals surface area contributed by atoms with Crippen LogP contribution in [0.15, 0.2) is 11.3 Å². The molecule has 0 aromatic heterocycles. The van der Waals surface area contributed by atoms with Gasteiger partial charge in [-0.15, -0.1) is 0 Å². The molecule has 0 aliphatic carbocycles. The SMILES string of the molecule is CC1=C(C(=O)O)CCCO1. The Balaban J connectivity index is 2.78. The average Bonchev–Trinajstić information content (AvgIpc) is 1.88. The molecule has 1 N–H and O–H groups in total. The monoisotopic (exact) mass is 142 g/mol. The van der Waals surface area contributed by atoms with Gasteiger partial charge in [-0.1, -0.05) is 0 Å². The normalized spacial score (nSPS) is 18.5. The summed E-state index contributed by atoms with van der Waals surface area (Å²) in [5.41, 5.74) is 0.422. The maximum absolute atomic E-state index is 10.4. The van der Waals surface area contributed by atoms with Gasteiger partial charge in [0.25, 0.3) is 0 Å². The molecule has 56 valence electrons. The highest BCUT2D eigenvalue weighted by Gasteiger charge is 2.15. The Morgan fingerprint density at radius 2 is 2.40 bits per heavy atom. The predicted molar refractivity (Wildman–Crippen MR) is 35.5 cm³/mol. The van der Waals surface area contributed by atoms with Gasteiger partial charge < -0.3 is 9.84 Å². The van der Waals surface area contributed by atoms with Crippen molar-refractivity contribution in [2.45, 2.75) is 19.8 Å². The number of carboxylic acid groups (broad SMARTS) is 1. The lowest BCUT2D eigenvalue weighted by atomic mass is 10.1. The van der Waals surface area contributed by atoms with E-state index in [4.69, 9.17) is 9.84 Å². The first-order chi connectivity index (χ1) is 4.72. The van der Waals surface area contributed by atoms with Crippen molar-refractivity contribution in [1.29, 1.82) is 0 Å². The van der Waals surface area contributed by atoms with Crippen molar-refractivity contribution in [3.63, 3.8) is 0 Å². The Labute approximate surface area is 59.3 Å². The molecular formula is C7H10O3. The van der Waals surface area contributed by atoms with Crippen LogP contribution in [0, 0.1) is 0 Å². The van der Waals surface area contributed by atoms with Crippen LogP contribution >= 0.6 is 0 Å². The third-order valence-corrected chi connectivity index (χ3v) is 1.57. The smallest absolute Gasteiger partial charge is 0.334 e. The number of hydrogen-bond acceptors (Lipinski definition) is 2. The van der Waals surface area contributed by atoms with Gasteiger partial charge in [-0.25, -0.2) is 4.79 Å². The number of hydrogen-bond donors (Lipinski definition) is 1. The van der Waals surface area contributed by atoms with E-state index >= 15 is 0 Å². The van der Waals surface area contributed by atoms with Crippen LogP contribution in [0.2, 0.25) is 0 Å². The molecular weight excluding hydrogens is 132 g/mol. The molecule has 0 saturated heterocycles. The average molecular weight is 142 g/mol. The van der Waals surface area contributed by atoms with Gasteiger partial charge in [-0.05, 0) is 19.8 Å². The molecule has 0 unspecified atom stereocenters. The summed E-state index contributed by atoms with van der Waals surface area (Å²) in [7, 11) is 0. The molecule has 0 saturated carbocycles. The molecule has 0 fully saturated rings. The van der Waals surface area contributed by atoms with Crippen molar-refractivity contribution in [3.8, 4) is 0 Å². The third-order valence-electron chi connectivity index (χ3n) is 1.57. The molecule has 3 heteroatoms. The summed E-state index contributed by atoms with van der Waals surface area (Å²) in [5, 5.41) is 8.57. The standard InChI is InChI=1S/C7H10O3/c1-5-6(7(8)9)3-2-4-10-5/h2-4H2,1H3,(H,8,9). The molecule has 0 aromatic carbocycles. The van der Waals surface area contributed by atoms with E-state index in [-0.39, 0.29) is 0 Å². The van der Waals surface area contributed by atoms with Crippen LogP contribution in [0.3, 0.4) is 0 Å². The van der Waals surface area contributed by atoms with Crippen LogP contribution in [0.4, 0.5) is 0 Å². The minimum atomic E-state index is -0.850. The first-order valence-corrected chi connectivity index (χ1v) is 3.27. The second-order valence-corrected chi connectivity index (χ2v) is 2.29. The lowest BCUT2D eigenvalue weighted by molar-refractivity contribution is -0.133. The number of allylic oxidation sites excluding steroid dienone is 1. The van der Waals surface area contributed by atoms with Crippen LogP contribution in [-0.4, -0.2) is 17.7 Å². The molecule has 3 nitrogen and oxygen atoms in total. The molecule has 1 rings (SSSR count). The topological polar surface area (TPSA) is 46.5 Å². The quantitative estimate of drug-likeness (QED) is 0.597. The van der Waals surface area contributed by atoms with E-state index < -0.39 is 5.97 Å². The number of carbonyl (C=O) groups is 1. The van der Waals surface area contributed by atoms with E-state index in [1.54, 1.807) is 6.92 Å². The molecule has 0 bridgehead atoms. The number of aliphatic carboxylic acids is 1. The van der Waals surface area contributed by atoms with Gasteiger partial charge >= 0.3 is 5.97 Å². The molecule has 1 aliphatic rings. The summed E-state index contributed by atoms with van der Waals surface area (Å²) >= 11 is 0. The second-order valence-electron chi connectivity index (χ2n) is 2.29. The van der Waals surface area contributed by atoms with Gasteiger partial charge in [-0.3, -0.25) is 0 Å². The molecule has 1 aliphatic heterocycles. The summed E-state index contributed by atoms with van der Waals surface area (Å²) in [6, 6.07) is 0. The highest BCUT2D eigenvalue weighted by atomic mass is 16.5. The van der Waals surface area contributed by atoms with Gasteiger partial charge in [0, 0.05) is 0 Å². The Hall–Kier alpha value is -0.990. The van der Waals surface area contributed by atoms with Crippen molar-refractivity contribution in [2.75, 3.05) is 6.61 Å². The molecule has 0 aromatic rings. The van der Waals surface area contributed by atoms with E-state index in [1.165, 1.54) is 0 Å². The minimum absolute atomic E-state index is 0.422. The Kier molecular flexibility index (Phi) is 1.94. The third kappa shape index (κ3) is 1.29. The first-order valence-electron chi connectivity index (χ1n) is 3.27. The highest BCUT2D eigenvalue weighted by molar-refractivity contribution is 5.87. The molecule has 1 heterocycles. The van der Waals surface area contributed by atoms with Crippen LogP contribution in [0.1, 0.15) is 19.8 Å². The lowest BCUT2D eigenvalue weighted by Gasteiger charge is -2.15. The fourth-order valence-corrected chi connectivity index (χ4v) is 0.995. The van der Waals surface area contributed by atoms with Crippen LogP contribution in [0.5, 0.6) is 0 Å². The predicted octanol–water partition coefficient (Wildman–Crippen LogP) is 1.16. The Morgan fingerprint density at radius 1 is 1.70 bits per heavy atom. The van der Waals surface area contributed by atoms with E-state index in [0.29, 0.717) is 24.4 Å². The summed E-state index contributed by atoms with van der Waals surface area (Å²) in [6.45, 7) is 2.35. The van der Waals surface area contributed by atoms with E-state index in [1.807, 2.05) is 0 Å². The van der Waals surface area contributed by atoms with Gasteiger partial charge in [0.2, 0.25) is 0 Å². The number of carboxylic acids is 1. The fraction of sp³-hybridized carbons (Fsp3) is 0.571. The molecule has 0 atom stereocenters. The summed E-state index contributed by atoms with van der Waals surface area (Å²) in [5.74, 6) is -0.282. The van der Waals surface area contributed by atoms with Gasteiger partial charge in [0.1, 0.15) is 5.76 Å². The van der Waals surface area contributed by atoms with Gasteiger partial charge in [0.15, 0.2) is 0 Å². The highest BCUT2D eigenvalue weighted by Crippen LogP contribution is 2.18. The van der Waals surface area contributed by atoms with Crippen molar-refractivity contribution in [2.24, 2.45) is 0 Å². The van der Waals surface area contributed by atoms with Crippen molar-refractivity contribution in [1.82, 2.24) is 0 Å². The maximum atomic E-state index is 10.4. The summed E-state index contributed by atoms with van der Waals surface area (Å²) < 4.78 is 5.05. The molecule has 10 heavy (non-hydrogen) atoms. The zero-order valence-corrected chi connectivity index (χ0v) is 5.89. The van der Waals surface area contributed by atoms with E-state index in [2.05, 4.69) is 0 Å². The summed E-state index contributed by atoms with van der Waals surface area (Å²) in [6.07, 6.45) is 1.46. The fourth-order valence-electron chi connectivity index (χ4n) is 0.995. The Bertz CT molecular complexity index is 181. The first kappa shape index (κ1) is 7.12. The number of ether oxygens (including phenoxy) is 1. The zero-order valence-electron chi connectivity index (χ0n) is 5.89. The zero-order chi connectivity index (χ0) is 7.56. The number of rotatable bonds is 1. The van der Waals surface area contributed by atoms with Gasteiger partial charge in [-0.2, -0.15) is 0 Å². The molecule has 0 spiro atoms. The van der Waals surface area contributed by atoms with Crippen molar-refractivity contribution >= 4 is 5.97 Å². The minimum Gasteiger partial charge on any atom is -0.498 e. The van der Waals surface area contributed by atoms with E-state index in [0.717, 1.165) is 6.42 Å². The maximum Gasteiger partial charge on any atom is 0.334 e. The van der Waals surface area contributed by atoms with Crippen molar-refractivity contribution < 1.29 is 14.6 Å². The Morgan fingerprint density at radius 3 is 2.80 bits per heavy atom. The van der Waals surface area contributed by atoms with E-state index in [9.17, 15) is 4.79 Å². The van der Waals surface area contributed by atoms with Crippen LogP contribution < -0.4 is 0 Å². The summed E-state index contributed by atoms with van der Waals surface area (Å²) in [4.78, 5) is 10.4. The largest absolute Gasteiger partial charge is 0.498 e. The van der Waals surface area contributed by atoms with Crippen LogP contribution in [-0.2, 0) is 9.53 Å². The van der Waals surface area contributed by atoms with Crippen molar-refractivity contribution in [3.05, 3.63) is 11.3 Å². The molecule has 0 amide bonds. The van der Waals surface area contributed by atoms with Gasteiger partial charge in [0.05, 0.1) is 12.2 Å². The lowest BCUT2D eigenvalue weighted by Crippen LogP contribution is -2.11. The van der Waals surface area contributed by atoms with Crippen LogP contribution in [0.25, 0.3) is 0 Å².